The van der Waals surface area contributed by atoms with Gasteiger partial charge in [-0.3, -0.25) is 0 Å². The van der Waals surface area contributed by atoms with Gasteiger partial charge in [-0.2, -0.15) is 0 Å². The van der Waals surface area contributed by atoms with Crippen molar-refractivity contribution in [1.82, 2.24) is 4.98 Å². The molecule has 1 saturated carbocycles. The third-order valence-corrected chi connectivity index (χ3v) is 4.26. The van der Waals surface area contributed by atoms with Gasteiger partial charge in [0.15, 0.2) is 5.13 Å². The smallest absolute Gasteiger partial charge is 0.185 e. The first-order valence-electron chi connectivity index (χ1n) is 5.52. The molecule has 1 aromatic rings. The van der Waals surface area contributed by atoms with Gasteiger partial charge in [0.05, 0.1) is 5.69 Å². The molecule has 1 fully saturated rings. The Kier molecular flexibility index (Phi) is 2.98. The van der Waals surface area contributed by atoms with Gasteiger partial charge in [0.25, 0.3) is 0 Å². The Hall–Kier alpha value is -0.610. The molecule has 0 saturated heterocycles. The summed E-state index contributed by atoms with van der Waals surface area (Å²) >= 11 is 1.74. The number of hydrogen-bond acceptors (Lipinski definition) is 4. The number of thiazole rings is 1. The maximum absolute atomic E-state index is 5.89. The Balaban J connectivity index is 2.09. The molecule has 4 heteroatoms. The fourth-order valence-corrected chi connectivity index (χ4v) is 2.73. The third-order valence-electron chi connectivity index (χ3n) is 2.79. The van der Waals surface area contributed by atoms with Crippen molar-refractivity contribution >= 4 is 16.5 Å². The minimum absolute atomic E-state index is 0.102. The molecule has 0 bridgehead atoms. The summed E-state index contributed by atoms with van der Waals surface area (Å²) in [5.74, 6) is 0.901. The normalized spacial score (nSPS) is 17.9. The van der Waals surface area contributed by atoms with E-state index in [2.05, 4.69) is 16.9 Å². The lowest BCUT2D eigenvalue weighted by atomic mass is 10.2. The van der Waals surface area contributed by atoms with E-state index in [0.717, 1.165) is 23.3 Å². The summed E-state index contributed by atoms with van der Waals surface area (Å²) in [7, 11) is 2.13. The molecule has 1 atom stereocenters. The summed E-state index contributed by atoms with van der Waals surface area (Å²) in [4.78, 5) is 8.06. The fourth-order valence-electron chi connectivity index (χ4n) is 1.75. The standard InChI is InChI=1S/C11H19N3S/c1-7(12)10-8(2)13-11(15-10)14(3)6-9-4-5-9/h7,9H,4-6,12H2,1-3H3. The molecular weight excluding hydrogens is 206 g/mol. The molecule has 0 aromatic carbocycles. The highest BCUT2D eigenvalue weighted by molar-refractivity contribution is 7.15. The summed E-state index contributed by atoms with van der Waals surface area (Å²) < 4.78 is 0. The van der Waals surface area contributed by atoms with Crippen molar-refractivity contribution in [2.45, 2.75) is 32.7 Å². The predicted molar refractivity (Wildman–Crippen MR) is 65.4 cm³/mol. The minimum Gasteiger partial charge on any atom is -0.351 e. The molecule has 84 valence electrons. The number of aromatic nitrogens is 1. The fraction of sp³-hybridized carbons (Fsp3) is 0.727. The van der Waals surface area contributed by atoms with E-state index in [4.69, 9.17) is 5.73 Å². The molecule has 1 aromatic heterocycles. The predicted octanol–water partition coefficient (Wildman–Crippen LogP) is 2.32. The number of nitrogens with two attached hydrogens (primary N) is 1. The van der Waals surface area contributed by atoms with E-state index in [-0.39, 0.29) is 6.04 Å². The lowest BCUT2D eigenvalue weighted by molar-refractivity contribution is 0.782. The van der Waals surface area contributed by atoms with Crippen LogP contribution in [0, 0.1) is 12.8 Å². The summed E-state index contributed by atoms with van der Waals surface area (Å²) in [5.41, 5.74) is 6.98. The molecule has 1 aliphatic carbocycles. The maximum Gasteiger partial charge on any atom is 0.185 e. The molecule has 2 N–H and O–H groups in total. The van der Waals surface area contributed by atoms with Crippen molar-refractivity contribution in [1.29, 1.82) is 0 Å². The van der Waals surface area contributed by atoms with Crippen LogP contribution in [0.3, 0.4) is 0 Å². The molecule has 1 heterocycles. The van der Waals surface area contributed by atoms with Crippen molar-refractivity contribution in [2.24, 2.45) is 11.7 Å². The van der Waals surface area contributed by atoms with Crippen molar-refractivity contribution in [3.05, 3.63) is 10.6 Å². The number of rotatable bonds is 4. The first-order valence-corrected chi connectivity index (χ1v) is 6.33. The van der Waals surface area contributed by atoms with Crippen molar-refractivity contribution < 1.29 is 0 Å². The van der Waals surface area contributed by atoms with E-state index < -0.39 is 0 Å². The summed E-state index contributed by atoms with van der Waals surface area (Å²) in [6.07, 6.45) is 2.77. The molecule has 15 heavy (non-hydrogen) atoms. The van der Waals surface area contributed by atoms with E-state index >= 15 is 0 Å². The molecule has 2 rings (SSSR count). The molecule has 0 radical (unpaired) electrons. The SMILES string of the molecule is Cc1nc(N(C)CC2CC2)sc1C(C)N. The molecule has 3 nitrogen and oxygen atoms in total. The highest BCUT2D eigenvalue weighted by Crippen LogP contribution is 2.33. The van der Waals surface area contributed by atoms with Gasteiger partial charge >= 0.3 is 0 Å². The Bertz CT molecular complexity index is 342. The number of hydrogen-bond donors (Lipinski definition) is 1. The van der Waals surface area contributed by atoms with Crippen LogP contribution in [0.2, 0.25) is 0 Å². The monoisotopic (exact) mass is 225 g/mol. The summed E-state index contributed by atoms with van der Waals surface area (Å²) in [6, 6.07) is 0.102. The van der Waals surface area contributed by atoms with Gasteiger partial charge in [-0.15, -0.1) is 11.3 Å². The molecule has 1 aliphatic rings. The van der Waals surface area contributed by atoms with Crippen LogP contribution in [0.25, 0.3) is 0 Å². The van der Waals surface area contributed by atoms with Gasteiger partial charge < -0.3 is 10.6 Å². The van der Waals surface area contributed by atoms with E-state index in [1.165, 1.54) is 17.7 Å². The van der Waals surface area contributed by atoms with Crippen molar-refractivity contribution in [3.8, 4) is 0 Å². The zero-order chi connectivity index (χ0) is 11.0. The first-order chi connectivity index (χ1) is 7.08. The Labute approximate surface area is 95.3 Å². The van der Waals surface area contributed by atoms with E-state index in [9.17, 15) is 0 Å². The van der Waals surface area contributed by atoms with Gasteiger partial charge in [-0.05, 0) is 32.6 Å². The van der Waals surface area contributed by atoms with Gasteiger partial charge in [-0.1, -0.05) is 0 Å². The Morgan fingerprint density at radius 2 is 2.27 bits per heavy atom. The molecular formula is C11H19N3S. The van der Waals surface area contributed by atoms with E-state index in [1.54, 1.807) is 11.3 Å². The Morgan fingerprint density at radius 1 is 1.60 bits per heavy atom. The van der Waals surface area contributed by atoms with E-state index in [1.807, 2.05) is 13.8 Å². The van der Waals surface area contributed by atoms with Gasteiger partial charge in [0.1, 0.15) is 0 Å². The minimum atomic E-state index is 0.102. The second-order valence-corrected chi connectivity index (χ2v) is 5.57. The molecule has 0 amide bonds. The van der Waals surface area contributed by atoms with Crippen LogP contribution >= 0.6 is 11.3 Å². The van der Waals surface area contributed by atoms with Crippen LogP contribution in [0.1, 0.15) is 36.4 Å². The van der Waals surface area contributed by atoms with Gasteiger partial charge in [-0.25, -0.2) is 4.98 Å². The second-order valence-electron chi connectivity index (χ2n) is 4.56. The average Bonchev–Trinajstić information content (AvgIpc) is 2.86. The zero-order valence-corrected chi connectivity index (χ0v) is 10.5. The molecule has 1 unspecified atom stereocenters. The average molecular weight is 225 g/mol. The lowest BCUT2D eigenvalue weighted by Gasteiger charge is -2.14. The van der Waals surface area contributed by atoms with Gasteiger partial charge in [0.2, 0.25) is 0 Å². The van der Waals surface area contributed by atoms with Crippen LogP contribution in [-0.2, 0) is 0 Å². The highest BCUT2D eigenvalue weighted by Gasteiger charge is 2.24. The van der Waals surface area contributed by atoms with Gasteiger partial charge in [0, 0.05) is 24.5 Å². The maximum atomic E-state index is 5.89. The summed E-state index contributed by atoms with van der Waals surface area (Å²) in [6.45, 7) is 5.21. The second kappa shape index (κ2) is 4.10. The van der Waals surface area contributed by atoms with Crippen LogP contribution in [0.5, 0.6) is 0 Å². The van der Waals surface area contributed by atoms with E-state index in [0.29, 0.717) is 0 Å². The van der Waals surface area contributed by atoms with Crippen LogP contribution in [0.4, 0.5) is 5.13 Å². The quantitative estimate of drug-likeness (QED) is 0.855. The number of anilines is 1. The van der Waals surface area contributed by atoms with Crippen LogP contribution < -0.4 is 10.6 Å². The largest absolute Gasteiger partial charge is 0.351 e. The zero-order valence-electron chi connectivity index (χ0n) is 9.66. The topological polar surface area (TPSA) is 42.2 Å². The number of aryl methyl sites for hydroxylation is 1. The first kappa shape index (κ1) is 10.9. The lowest BCUT2D eigenvalue weighted by Crippen LogP contribution is -2.19. The van der Waals surface area contributed by atoms with Crippen LogP contribution in [-0.4, -0.2) is 18.6 Å². The highest BCUT2D eigenvalue weighted by atomic mass is 32.1. The van der Waals surface area contributed by atoms with Crippen molar-refractivity contribution in [3.63, 3.8) is 0 Å². The number of nitrogens with zero attached hydrogens (tertiary/aromatic N) is 2. The van der Waals surface area contributed by atoms with Crippen LogP contribution in [0.15, 0.2) is 0 Å². The third kappa shape index (κ3) is 2.49. The van der Waals surface area contributed by atoms with Crippen molar-refractivity contribution in [2.75, 3.05) is 18.5 Å². The molecule has 0 spiro atoms. The Morgan fingerprint density at radius 3 is 2.73 bits per heavy atom. The summed E-state index contributed by atoms with van der Waals surface area (Å²) in [5, 5.41) is 1.12. The molecule has 0 aliphatic heterocycles.